The van der Waals surface area contributed by atoms with Crippen molar-refractivity contribution < 1.29 is 4.74 Å². The van der Waals surface area contributed by atoms with Gasteiger partial charge in [0.1, 0.15) is 5.75 Å². The predicted molar refractivity (Wildman–Crippen MR) is 59.8 cm³/mol. The first-order chi connectivity index (χ1) is 7.26. The van der Waals surface area contributed by atoms with Gasteiger partial charge in [-0.3, -0.25) is 0 Å². The van der Waals surface area contributed by atoms with Gasteiger partial charge in [0, 0.05) is 6.54 Å². The topological polar surface area (TPSA) is 45.0 Å². The fourth-order valence-corrected chi connectivity index (χ4v) is 1.31. The van der Waals surface area contributed by atoms with Crippen LogP contribution in [0.4, 0.5) is 0 Å². The highest BCUT2D eigenvalue weighted by Crippen LogP contribution is 2.12. The molecule has 15 heavy (non-hydrogen) atoms. The van der Waals surface area contributed by atoms with E-state index in [4.69, 9.17) is 10.00 Å². The van der Waals surface area contributed by atoms with Crippen LogP contribution in [-0.2, 0) is 6.42 Å². The SMILES string of the molecule is COc1cccc(CCNC(C)C#N)c1. The standard InChI is InChI=1S/C12H16N2O/c1-10(9-13)14-7-6-11-4-3-5-12(8-11)15-2/h3-5,8,10,14H,6-7H2,1-2H3. The number of nitriles is 1. The third kappa shape index (κ3) is 4.01. The second-order valence-corrected chi connectivity index (χ2v) is 3.41. The van der Waals surface area contributed by atoms with Crippen LogP contribution in [0.2, 0.25) is 0 Å². The normalized spacial score (nSPS) is 11.8. The maximum absolute atomic E-state index is 8.58. The first-order valence-electron chi connectivity index (χ1n) is 5.02. The number of benzene rings is 1. The maximum Gasteiger partial charge on any atom is 0.119 e. The Morgan fingerprint density at radius 1 is 1.53 bits per heavy atom. The van der Waals surface area contributed by atoms with Crippen molar-refractivity contribution in [1.29, 1.82) is 5.26 Å². The number of methoxy groups -OCH3 is 1. The first kappa shape index (κ1) is 11.5. The monoisotopic (exact) mass is 204 g/mol. The molecule has 0 aromatic heterocycles. The van der Waals surface area contributed by atoms with E-state index in [0.717, 1.165) is 18.7 Å². The van der Waals surface area contributed by atoms with E-state index in [2.05, 4.69) is 17.5 Å². The summed E-state index contributed by atoms with van der Waals surface area (Å²) >= 11 is 0. The van der Waals surface area contributed by atoms with Crippen molar-refractivity contribution in [2.75, 3.05) is 13.7 Å². The molecule has 0 bridgehead atoms. The number of ether oxygens (including phenoxy) is 1. The summed E-state index contributed by atoms with van der Waals surface area (Å²) < 4.78 is 5.13. The average molecular weight is 204 g/mol. The second kappa shape index (κ2) is 6.05. The van der Waals surface area contributed by atoms with E-state index in [-0.39, 0.29) is 6.04 Å². The van der Waals surface area contributed by atoms with Gasteiger partial charge < -0.3 is 10.1 Å². The molecular formula is C12H16N2O. The third-order valence-electron chi connectivity index (χ3n) is 2.19. The van der Waals surface area contributed by atoms with Crippen LogP contribution in [0.15, 0.2) is 24.3 Å². The summed E-state index contributed by atoms with van der Waals surface area (Å²) in [5.41, 5.74) is 1.21. The van der Waals surface area contributed by atoms with Crippen LogP contribution in [-0.4, -0.2) is 19.7 Å². The van der Waals surface area contributed by atoms with Gasteiger partial charge in [-0.05, 0) is 31.0 Å². The Morgan fingerprint density at radius 2 is 2.33 bits per heavy atom. The Morgan fingerprint density at radius 3 is 3.00 bits per heavy atom. The summed E-state index contributed by atoms with van der Waals surface area (Å²) in [6, 6.07) is 10.0. The van der Waals surface area contributed by atoms with Crippen LogP contribution in [0.5, 0.6) is 5.75 Å². The molecule has 1 aromatic rings. The minimum Gasteiger partial charge on any atom is -0.497 e. The molecule has 1 aromatic carbocycles. The van der Waals surface area contributed by atoms with E-state index in [0.29, 0.717) is 0 Å². The third-order valence-corrected chi connectivity index (χ3v) is 2.19. The fourth-order valence-electron chi connectivity index (χ4n) is 1.31. The summed E-state index contributed by atoms with van der Waals surface area (Å²) in [6.45, 7) is 2.66. The lowest BCUT2D eigenvalue weighted by Gasteiger charge is -2.07. The van der Waals surface area contributed by atoms with Gasteiger partial charge in [-0.2, -0.15) is 5.26 Å². The number of hydrogen-bond donors (Lipinski definition) is 1. The Balaban J connectivity index is 2.41. The highest BCUT2D eigenvalue weighted by atomic mass is 16.5. The van der Waals surface area contributed by atoms with E-state index in [1.165, 1.54) is 5.56 Å². The number of nitrogens with one attached hydrogen (secondary N) is 1. The molecule has 3 heteroatoms. The lowest BCUT2D eigenvalue weighted by atomic mass is 10.1. The quantitative estimate of drug-likeness (QED) is 0.794. The molecule has 0 spiro atoms. The molecule has 0 fully saturated rings. The minimum atomic E-state index is -0.0874. The molecule has 0 saturated heterocycles. The smallest absolute Gasteiger partial charge is 0.119 e. The van der Waals surface area contributed by atoms with Crippen LogP contribution in [0, 0.1) is 11.3 Å². The van der Waals surface area contributed by atoms with Crippen molar-refractivity contribution in [2.24, 2.45) is 0 Å². The molecule has 1 unspecified atom stereocenters. The Bertz CT molecular complexity index is 344. The van der Waals surface area contributed by atoms with E-state index >= 15 is 0 Å². The van der Waals surface area contributed by atoms with Crippen LogP contribution >= 0.6 is 0 Å². The van der Waals surface area contributed by atoms with Crippen molar-refractivity contribution in [2.45, 2.75) is 19.4 Å². The molecule has 80 valence electrons. The molecule has 0 aliphatic carbocycles. The number of nitrogens with zero attached hydrogens (tertiary/aromatic N) is 1. The second-order valence-electron chi connectivity index (χ2n) is 3.41. The molecule has 0 aliphatic rings. The van der Waals surface area contributed by atoms with Gasteiger partial charge in [0.25, 0.3) is 0 Å². The molecule has 3 nitrogen and oxygen atoms in total. The first-order valence-corrected chi connectivity index (χ1v) is 5.02. The van der Waals surface area contributed by atoms with Crippen molar-refractivity contribution in [1.82, 2.24) is 5.32 Å². The lowest BCUT2D eigenvalue weighted by molar-refractivity contribution is 0.414. The average Bonchev–Trinajstić information content (AvgIpc) is 2.29. The van der Waals surface area contributed by atoms with Crippen molar-refractivity contribution in [3.63, 3.8) is 0 Å². The van der Waals surface area contributed by atoms with Crippen LogP contribution in [0.1, 0.15) is 12.5 Å². The van der Waals surface area contributed by atoms with E-state index in [1.807, 2.05) is 25.1 Å². The summed E-state index contributed by atoms with van der Waals surface area (Å²) in [4.78, 5) is 0. The molecule has 0 heterocycles. The molecule has 1 rings (SSSR count). The Kier molecular flexibility index (Phi) is 4.65. The van der Waals surface area contributed by atoms with Gasteiger partial charge in [0.2, 0.25) is 0 Å². The van der Waals surface area contributed by atoms with Gasteiger partial charge in [-0.25, -0.2) is 0 Å². The fraction of sp³-hybridized carbons (Fsp3) is 0.417. The number of hydrogen-bond acceptors (Lipinski definition) is 3. The summed E-state index contributed by atoms with van der Waals surface area (Å²) in [5.74, 6) is 0.876. The minimum absolute atomic E-state index is 0.0874. The van der Waals surface area contributed by atoms with Crippen molar-refractivity contribution >= 4 is 0 Å². The highest BCUT2D eigenvalue weighted by Gasteiger charge is 1.99. The van der Waals surface area contributed by atoms with Gasteiger partial charge in [-0.15, -0.1) is 0 Å². The lowest BCUT2D eigenvalue weighted by Crippen LogP contribution is -2.26. The molecule has 0 aliphatic heterocycles. The maximum atomic E-state index is 8.58. The van der Waals surface area contributed by atoms with Crippen LogP contribution in [0.3, 0.4) is 0 Å². The van der Waals surface area contributed by atoms with Gasteiger partial charge in [0.15, 0.2) is 0 Å². The predicted octanol–water partition coefficient (Wildman–Crippen LogP) is 1.74. The zero-order valence-corrected chi connectivity index (χ0v) is 9.16. The summed E-state index contributed by atoms with van der Waals surface area (Å²) in [6.07, 6.45) is 0.906. The highest BCUT2D eigenvalue weighted by molar-refractivity contribution is 5.28. The van der Waals surface area contributed by atoms with Crippen molar-refractivity contribution in [3.8, 4) is 11.8 Å². The molecule has 0 amide bonds. The Labute approximate surface area is 90.7 Å². The molecular weight excluding hydrogens is 188 g/mol. The molecule has 1 N–H and O–H groups in total. The van der Waals surface area contributed by atoms with E-state index in [9.17, 15) is 0 Å². The number of rotatable bonds is 5. The van der Waals surface area contributed by atoms with Crippen LogP contribution in [0.25, 0.3) is 0 Å². The van der Waals surface area contributed by atoms with Gasteiger partial charge in [-0.1, -0.05) is 12.1 Å². The largest absolute Gasteiger partial charge is 0.497 e. The summed E-state index contributed by atoms with van der Waals surface area (Å²) in [5, 5.41) is 11.7. The van der Waals surface area contributed by atoms with E-state index < -0.39 is 0 Å². The van der Waals surface area contributed by atoms with Crippen molar-refractivity contribution in [3.05, 3.63) is 29.8 Å². The zero-order chi connectivity index (χ0) is 11.1. The Hall–Kier alpha value is -1.53. The van der Waals surface area contributed by atoms with Gasteiger partial charge in [0.05, 0.1) is 19.2 Å². The molecule has 0 radical (unpaired) electrons. The molecule has 1 atom stereocenters. The summed E-state index contributed by atoms with van der Waals surface area (Å²) in [7, 11) is 1.66. The zero-order valence-electron chi connectivity index (χ0n) is 9.16. The molecule has 0 saturated carbocycles. The van der Waals surface area contributed by atoms with E-state index in [1.54, 1.807) is 7.11 Å². The van der Waals surface area contributed by atoms with Gasteiger partial charge >= 0.3 is 0 Å². The van der Waals surface area contributed by atoms with Crippen LogP contribution < -0.4 is 10.1 Å².